The molecule has 158 valence electrons. The van der Waals surface area contributed by atoms with E-state index in [1.54, 1.807) is 31.4 Å². The zero-order chi connectivity index (χ0) is 21.7. The Bertz CT molecular complexity index is 1110. The fraction of sp³-hybridized carbons (Fsp3) is 0.273. The number of methoxy groups -OCH3 is 1. The molecule has 0 saturated heterocycles. The van der Waals surface area contributed by atoms with Gasteiger partial charge in [0.2, 0.25) is 0 Å². The second-order valence-corrected chi connectivity index (χ2v) is 7.82. The SMILES string of the molecule is CCC[NH+](CC(=O)Nc1ccc(Cl)cc1Cl)Cc1cc(=O)oc2cc(OC)ccc12. The number of hydrogen-bond acceptors (Lipinski definition) is 4. The van der Waals surface area contributed by atoms with E-state index in [0.717, 1.165) is 28.8 Å². The van der Waals surface area contributed by atoms with Crippen molar-refractivity contribution in [2.75, 3.05) is 25.5 Å². The van der Waals surface area contributed by atoms with Crippen LogP contribution in [-0.2, 0) is 11.3 Å². The van der Waals surface area contributed by atoms with E-state index in [0.29, 0.717) is 33.6 Å². The Hall–Kier alpha value is -2.54. The lowest BCUT2D eigenvalue weighted by Crippen LogP contribution is -3.11. The third kappa shape index (κ3) is 5.53. The molecule has 1 unspecified atom stereocenters. The molecule has 1 heterocycles. The number of anilines is 1. The van der Waals surface area contributed by atoms with Gasteiger partial charge in [-0.3, -0.25) is 4.79 Å². The summed E-state index contributed by atoms with van der Waals surface area (Å²) in [4.78, 5) is 25.7. The molecule has 0 aliphatic carbocycles. The maximum Gasteiger partial charge on any atom is 0.336 e. The first kappa shape index (κ1) is 22.2. The number of amides is 1. The molecule has 3 aromatic rings. The molecule has 1 atom stereocenters. The van der Waals surface area contributed by atoms with Gasteiger partial charge in [-0.25, -0.2) is 4.79 Å². The highest BCUT2D eigenvalue weighted by molar-refractivity contribution is 6.36. The molecule has 30 heavy (non-hydrogen) atoms. The molecular weight excluding hydrogens is 427 g/mol. The van der Waals surface area contributed by atoms with E-state index < -0.39 is 5.63 Å². The van der Waals surface area contributed by atoms with Gasteiger partial charge in [0.25, 0.3) is 5.91 Å². The minimum absolute atomic E-state index is 0.170. The maximum absolute atomic E-state index is 12.6. The summed E-state index contributed by atoms with van der Waals surface area (Å²) >= 11 is 12.1. The van der Waals surface area contributed by atoms with Crippen LogP contribution >= 0.6 is 23.2 Å². The van der Waals surface area contributed by atoms with Crippen molar-refractivity contribution in [3.05, 3.63) is 68.5 Å². The number of halogens is 2. The van der Waals surface area contributed by atoms with Crippen LogP contribution in [0, 0.1) is 0 Å². The van der Waals surface area contributed by atoms with Gasteiger partial charge in [-0.1, -0.05) is 30.1 Å². The molecule has 0 aliphatic rings. The zero-order valence-electron chi connectivity index (χ0n) is 16.8. The lowest BCUT2D eigenvalue weighted by atomic mass is 10.1. The molecule has 8 heteroatoms. The topological polar surface area (TPSA) is 73.0 Å². The average molecular weight is 450 g/mol. The Labute approximate surface area is 184 Å². The van der Waals surface area contributed by atoms with Gasteiger partial charge >= 0.3 is 5.63 Å². The lowest BCUT2D eigenvalue weighted by Gasteiger charge is -2.19. The molecule has 2 N–H and O–H groups in total. The van der Waals surface area contributed by atoms with Gasteiger partial charge in [0.15, 0.2) is 6.54 Å². The number of nitrogens with one attached hydrogen (secondary N) is 2. The average Bonchev–Trinajstić information content (AvgIpc) is 2.69. The first-order chi connectivity index (χ1) is 14.4. The monoisotopic (exact) mass is 449 g/mol. The van der Waals surface area contributed by atoms with Crippen molar-refractivity contribution >= 4 is 45.8 Å². The van der Waals surface area contributed by atoms with Gasteiger partial charge in [-0.05, 0) is 36.8 Å². The van der Waals surface area contributed by atoms with Crippen LogP contribution in [0.1, 0.15) is 18.9 Å². The van der Waals surface area contributed by atoms with Crippen molar-refractivity contribution in [1.82, 2.24) is 0 Å². The minimum Gasteiger partial charge on any atom is -0.497 e. The van der Waals surface area contributed by atoms with Crippen LogP contribution in [0.3, 0.4) is 0 Å². The van der Waals surface area contributed by atoms with Gasteiger partial charge in [0, 0.05) is 28.1 Å². The largest absolute Gasteiger partial charge is 0.497 e. The number of carbonyl (C=O) groups is 1. The zero-order valence-corrected chi connectivity index (χ0v) is 18.3. The van der Waals surface area contributed by atoms with Crippen LogP contribution in [0.2, 0.25) is 10.0 Å². The Balaban J connectivity index is 1.80. The number of carbonyl (C=O) groups excluding carboxylic acids is 1. The van der Waals surface area contributed by atoms with E-state index in [1.165, 1.54) is 6.07 Å². The molecule has 6 nitrogen and oxygen atoms in total. The van der Waals surface area contributed by atoms with Crippen molar-refractivity contribution < 1.29 is 18.8 Å². The predicted molar refractivity (Wildman–Crippen MR) is 119 cm³/mol. The van der Waals surface area contributed by atoms with Crippen molar-refractivity contribution in [1.29, 1.82) is 0 Å². The number of quaternary nitrogens is 1. The Morgan fingerprint density at radius 2 is 1.97 bits per heavy atom. The molecule has 0 saturated carbocycles. The molecule has 2 aromatic carbocycles. The second-order valence-electron chi connectivity index (χ2n) is 6.98. The third-order valence-electron chi connectivity index (χ3n) is 4.70. The molecule has 0 spiro atoms. The fourth-order valence-corrected chi connectivity index (χ4v) is 3.81. The fourth-order valence-electron chi connectivity index (χ4n) is 3.36. The van der Waals surface area contributed by atoms with Gasteiger partial charge in [-0.2, -0.15) is 0 Å². The summed E-state index contributed by atoms with van der Waals surface area (Å²) in [5, 5.41) is 4.54. The highest BCUT2D eigenvalue weighted by atomic mass is 35.5. The predicted octanol–water partition coefficient (Wildman–Crippen LogP) is 3.54. The number of fused-ring (bicyclic) bond motifs is 1. The lowest BCUT2D eigenvalue weighted by molar-refractivity contribution is -0.905. The highest BCUT2D eigenvalue weighted by Crippen LogP contribution is 2.25. The summed E-state index contributed by atoms with van der Waals surface area (Å²) in [6.07, 6.45) is 0.886. The Morgan fingerprint density at radius 1 is 1.17 bits per heavy atom. The summed E-state index contributed by atoms with van der Waals surface area (Å²) in [5.74, 6) is 0.441. The summed E-state index contributed by atoms with van der Waals surface area (Å²) in [5.41, 5.74) is 1.37. The molecule has 0 aliphatic heterocycles. The van der Waals surface area contributed by atoms with Crippen LogP contribution in [0.4, 0.5) is 5.69 Å². The third-order valence-corrected chi connectivity index (χ3v) is 5.24. The number of benzene rings is 2. The van der Waals surface area contributed by atoms with Crippen LogP contribution < -0.4 is 20.6 Å². The number of rotatable bonds is 8. The molecule has 1 aromatic heterocycles. The molecule has 1 amide bonds. The van der Waals surface area contributed by atoms with Gasteiger partial charge in [0.1, 0.15) is 17.9 Å². The number of hydrogen-bond donors (Lipinski definition) is 2. The van der Waals surface area contributed by atoms with E-state index in [-0.39, 0.29) is 12.5 Å². The van der Waals surface area contributed by atoms with E-state index in [4.69, 9.17) is 32.4 Å². The number of ether oxygens (including phenoxy) is 1. The first-order valence-corrected chi connectivity index (χ1v) is 10.3. The van der Waals surface area contributed by atoms with Crippen LogP contribution in [0.5, 0.6) is 5.75 Å². The smallest absolute Gasteiger partial charge is 0.336 e. The van der Waals surface area contributed by atoms with Crippen molar-refractivity contribution in [3.8, 4) is 5.75 Å². The summed E-state index contributed by atoms with van der Waals surface area (Å²) in [6, 6.07) is 11.8. The second kappa shape index (κ2) is 9.98. The Kier molecular flexibility index (Phi) is 7.37. The quantitative estimate of drug-likeness (QED) is 0.515. The Morgan fingerprint density at radius 3 is 2.67 bits per heavy atom. The molecule has 0 fully saturated rings. The maximum atomic E-state index is 12.6. The van der Waals surface area contributed by atoms with Crippen LogP contribution in [0.25, 0.3) is 11.0 Å². The highest BCUT2D eigenvalue weighted by Gasteiger charge is 2.18. The van der Waals surface area contributed by atoms with E-state index in [1.807, 2.05) is 12.1 Å². The first-order valence-electron chi connectivity index (χ1n) is 9.59. The van der Waals surface area contributed by atoms with Gasteiger partial charge in [-0.15, -0.1) is 0 Å². The summed E-state index contributed by atoms with van der Waals surface area (Å²) in [7, 11) is 1.56. The van der Waals surface area contributed by atoms with Crippen molar-refractivity contribution in [2.45, 2.75) is 19.9 Å². The van der Waals surface area contributed by atoms with Gasteiger partial charge in [0.05, 0.1) is 24.4 Å². The van der Waals surface area contributed by atoms with E-state index >= 15 is 0 Å². The summed E-state index contributed by atoms with van der Waals surface area (Å²) in [6.45, 7) is 3.55. The molecular formula is C22H23Cl2N2O4+. The van der Waals surface area contributed by atoms with Crippen LogP contribution in [0.15, 0.2) is 51.7 Å². The summed E-state index contributed by atoms with van der Waals surface area (Å²) < 4.78 is 10.5. The standard InChI is InChI=1S/C22H22Cl2N2O4/c1-3-8-26(13-21(27)25-19-7-4-15(23)10-18(19)24)12-14-9-22(28)30-20-11-16(29-2)5-6-17(14)20/h4-7,9-11H,3,8,12-13H2,1-2H3,(H,25,27)/p+1. The van der Waals surface area contributed by atoms with Crippen molar-refractivity contribution in [3.63, 3.8) is 0 Å². The molecule has 0 bridgehead atoms. The van der Waals surface area contributed by atoms with Gasteiger partial charge < -0.3 is 19.4 Å². The molecule has 3 rings (SSSR count). The normalized spacial score (nSPS) is 12.0. The van der Waals surface area contributed by atoms with Crippen LogP contribution in [-0.4, -0.2) is 26.1 Å². The minimum atomic E-state index is -0.431. The van der Waals surface area contributed by atoms with Crippen molar-refractivity contribution in [2.24, 2.45) is 0 Å². The van der Waals surface area contributed by atoms with E-state index in [2.05, 4.69) is 12.2 Å². The molecule has 0 radical (unpaired) electrons. The van der Waals surface area contributed by atoms with E-state index in [9.17, 15) is 9.59 Å².